The summed E-state index contributed by atoms with van der Waals surface area (Å²) < 4.78 is 26.3. The number of rotatable bonds is 13. The first-order chi connectivity index (χ1) is 25.7. The van der Waals surface area contributed by atoms with E-state index in [1.807, 2.05) is 18.4 Å². The van der Waals surface area contributed by atoms with Gasteiger partial charge >= 0.3 is 7.60 Å². The van der Waals surface area contributed by atoms with Gasteiger partial charge in [-0.1, -0.05) is 6.92 Å². The first kappa shape index (κ1) is 42.8. The van der Waals surface area contributed by atoms with E-state index in [2.05, 4.69) is 44.9 Å². The van der Waals surface area contributed by atoms with E-state index in [-0.39, 0.29) is 18.5 Å². The highest BCUT2D eigenvalue weighted by molar-refractivity contribution is 7.51. The molecular formula is C30H44N15O8P. The highest BCUT2D eigenvalue weighted by Crippen LogP contribution is 2.34. The minimum Gasteiger partial charge on any atom is -0.392 e. The molecule has 0 aliphatic rings. The van der Waals surface area contributed by atoms with Crippen molar-refractivity contribution in [2.24, 2.45) is 0 Å². The van der Waals surface area contributed by atoms with E-state index < -0.39 is 26.2 Å². The lowest BCUT2D eigenvalue weighted by atomic mass is 10.4. The molecule has 0 aliphatic carbocycles. The SMILES string of the molecule is CC(Cn1cnc2c(N)ncnc21)OCP(=O)(O)O.CCC=O.C[C@@H](O)Cn1cnc2c(N)ncnc21.C[C@H](Cn1cnc2c(N)ncnc21)OCC=O. The van der Waals surface area contributed by atoms with E-state index in [1.54, 1.807) is 35.6 Å². The van der Waals surface area contributed by atoms with Crippen LogP contribution in [0.2, 0.25) is 0 Å². The van der Waals surface area contributed by atoms with Crippen LogP contribution in [-0.2, 0) is 43.3 Å². The van der Waals surface area contributed by atoms with Gasteiger partial charge in [-0.15, -0.1) is 0 Å². The molecule has 6 aromatic rings. The Bertz CT molecular complexity index is 2130. The second-order valence-electron chi connectivity index (χ2n) is 11.5. The molecule has 0 saturated carbocycles. The lowest BCUT2D eigenvalue weighted by Gasteiger charge is -2.14. The standard InChI is InChI=1S/C10H13N5O2.C9H14N5O4P.C8H11N5O.C3H6O/c1-7(17-3-2-16)4-15-6-14-8-9(11)12-5-13-10(8)15;1-6(18-5-19(15,16)17)2-14-4-13-7-8(10)11-3-12-9(7)14;1-5(14)2-13-4-12-6-7(9)10-3-11-8(6)13;1-2-3-4/h2,5-7H,3-4H2,1H3,(H2,11,12,13);3-4,6H,2,5H2,1H3,(H2,10,11,12)(H2,15,16,17);3-5,14H,2H2,1H3,(H2,9,10,11);3H,2H2,1H3/t7-;;5-;/m1.1./s1. The zero-order valence-electron chi connectivity index (χ0n) is 30.0. The highest BCUT2D eigenvalue weighted by atomic mass is 31.2. The van der Waals surface area contributed by atoms with Crippen LogP contribution in [-0.4, -0.2) is 117 Å². The first-order valence-corrected chi connectivity index (χ1v) is 18.1. The third kappa shape index (κ3) is 12.8. The van der Waals surface area contributed by atoms with E-state index in [4.69, 9.17) is 36.5 Å². The molecule has 9 N–H and O–H groups in total. The van der Waals surface area contributed by atoms with Crippen molar-refractivity contribution in [1.29, 1.82) is 0 Å². The molecule has 24 heteroatoms. The Labute approximate surface area is 308 Å². The quantitative estimate of drug-likeness (QED) is 0.0680. The van der Waals surface area contributed by atoms with Gasteiger partial charge in [0.2, 0.25) is 0 Å². The molecule has 0 bridgehead atoms. The zero-order chi connectivity index (χ0) is 39.8. The summed E-state index contributed by atoms with van der Waals surface area (Å²) in [6, 6.07) is 0. The minimum atomic E-state index is -4.16. The second-order valence-corrected chi connectivity index (χ2v) is 13.1. The maximum atomic E-state index is 10.7. The van der Waals surface area contributed by atoms with Crippen LogP contribution in [0.3, 0.4) is 0 Å². The lowest BCUT2D eigenvalue weighted by molar-refractivity contribution is -0.113. The van der Waals surface area contributed by atoms with E-state index in [1.165, 1.54) is 25.3 Å². The number of ether oxygens (including phenoxy) is 2. The summed E-state index contributed by atoms with van der Waals surface area (Å²) in [7, 11) is -4.16. The second kappa shape index (κ2) is 20.6. The topological polar surface area (TPSA) is 339 Å². The minimum absolute atomic E-state index is 0.0882. The average Bonchev–Trinajstić information content (AvgIpc) is 3.86. The van der Waals surface area contributed by atoms with Crippen molar-refractivity contribution in [3.8, 4) is 0 Å². The molecule has 0 aromatic carbocycles. The molecule has 6 aromatic heterocycles. The third-order valence-corrected chi connectivity index (χ3v) is 7.29. The van der Waals surface area contributed by atoms with Crippen LogP contribution in [0.4, 0.5) is 17.5 Å². The Morgan fingerprint density at radius 2 is 1.04 bits per heavy atom. The van der Waals surface area contributed by atoms with Crippen LogP contribution in [0.15, 0.2) is 38.0 Å². The maximum absolute atomic E-state index is 10.7. The molecule has 6 heterocycles. The van der Waals surface area contributed by atoms with Crippen molar-refractivity contribution in [1.82, 2.24) is 58.6 Å². The predicted octanol–water partition coefficient (Wildman–Crippen LogP) is 0.346. The molecule has 1 unspecified atom stereocenters. The van der Waals surface area contributed by atoms with E-state index in [9.17, 15) is 19.3 Å². The predicted molar refractivity (Wildman–Crippen MR) is 196 cm³/mol. The number of nitrogen functional groups attached to an aromatic ring is 3. The molecule has 23 nitrogen and oxygen atoms in total. The van der Waals surface area contributed by atoms with Gasteiger partial charge in [0, 0.05) is 6.42 Å². The Balaban J connectivity index is 0.000000209. The Kier molecular flexibility index (Phi) is 16.3. The van der Waals surface area contributed by atoms with E-state index in [0.29, 0.717) is 71.2 Å². The fraction of sp³-hybridized carbons (Fsp3) is 0.433. The summed E-state index contributed by atoms with van der Waals surface area (Å²) >= 11 is 0. The van der Waals surface area contributed by atoms with Gasteiger partial charge in [0.1, 0.15) is 61.1 Å². The number of anilines is 3. The van der Waals surface area contributed by atoms with Gasteiger partial charge in [-0.2, -0.15) is 0 Å². The Morgan fingerprint density at radius 3 is 1.37 bits per heavy atom. The number of carbonyl (C=O) groups excluding carboxylic acids is 2. The average molecular weight is 774 g/mol. The Hall–Kier alpha value is -5.58. The number of hydrogen-bond acceptors (Lipinski definition) is 18. The van der Waals surface area contributed by atoms with Gasteiger partial charge < -0.3 is 64.9 Å². The first-order valence-electron chi connectivity index (χ1n) is 16.3. The summed E-state index contributed by atoms with van der Waals surface area (Å²) in [6.45, 7) is 8.54. The normalized spacial score (nSPS) is 12.8. The van der Waals surface area contributed by atoms with Crippen LogP contribution in [0.5, 0.6) is 0 Å². The van der Waals surface area contributed by atoms with Crippen LogP contribution in [0.1, 0.15) is 34.1 Å². The third-order valence-electron chi connectivity index (χ3n) is 6.80. The number of nitrogens with two attached hydrogens (primary N) is 3. The summed E-state index contributed by atoms with van der Waals surface area (Å²) in [6.07, 6.45) is 9.56. The van der Waals surface area contributed by atoms with Gasteiger partial charge in [-0.3, -0.25) is 4.57 Å². The van der Waals surface area contributed by atoms with Crippen molar-refractivity contribution in [2.45, 2.75) is 72.1 Å². The van der Waals surface area contributed by atoms with Gasteiger partial charge in [-0.05, 0) is 20.8 Å². The largest absolute Gasteiger partial charge is 0.392 e. The highest BCUT2D eigenvalue weighted by Gasteiger charge is 2.17. The monoisotopic (exact) mass is 773 g/mol. The van der Waals surface area contributed by atoms with Crippen LogP contribution < -0.4 is 17.2 Å². The number of aldehydes is 2. The number of fused-ring (bicyclic) bond motifs is 3. The summed E-state index contributed by atoms with van der Waals surface area (Å²) in [4.78, 5) is 72.9. The Morgan fingerprint density at radius 1 is 0.667 bits per heavy atom. The number of hydrogen-bond donors (Lipinski definition) is 6. The maximum Gasteiger partial charge on any atom is 0.350 e. The molecule has 0 amide bonds. The molecular weight excluding hydrogens is 729 g/mol. The van der Waals surface area contributed by atoms with Gasteiger partial charge in [0.05, 0.1) is 56.9 Å². The molecule has 0 aliphatic heterocycles. The number of aliphatic hydroxyl groups is 1. The summed E-state index contributed by atoms with van der Waals surface area (Å²) in [5.74, 6) is 1.00. The molecule has 0 radical (unpaired) electrons. The molecule has 0 spiro atoms. The van der Waals surface area contributed by atoms with Crippen LogP contribution in [0, 0.1) is 0 Å². The lowest BCUT2D eigenvalue weighted by Crippen LogP contribution is -2.17. The van der Waals surface area contributed by atoms with Gasteiger partial charge in [0.25, 0.3) is 0 Å². The summed E-state index contributed by atoms with van der Waals surface area (Å²) in [5, 5.41) is 9.23. The van der Waals surface area contributed by atoms with E-state index >= 15 is 0 Å². The van der Waals surface area contributed by atoms with E-state index in [0.717, 1.165) is 12.6 Å². The number of aliphatic hydroxyl groups excluding tert-OH is 1. The number of imidazole rings is 3. The van der Waals surface area contributed by atoms with Crippen molar-refractivity contribution < 1.29 is 38.5 Å². The number of carbonyl (C=O) groups is 2. The van der Waals surface area contributed by atoms with Gasteiger partial charge in [0.15, 0.2) is 34.4 Å². The number of aromatic nitrogens is 12. The fourth-order valence-electron chi connectivity index (χ4n) is 4.47. The molecule has 54 heavy (non-hydrogen) atoms. The van der Waals surface area contributed by atoms with Crippen molar-refractivity contribution in [3.05, 3.63) is 38.0 Å². The molecule has 3 atom stereocenters. The number of nitrogens with zero attached hydrogens (tertiary/aromatic N) is 12. The molecule has 6 rings (SSSR count). The molecule has 292 valence electrons. The van der Waals surface area contributed by atoms with Gasteiger partial charge in [-0.25, -0.2) is 44.9 Å². The fourth-order valence-corrected chi connectivity index (χ4v) is 4.92. The smallest absolute Gasteiger partial charge is 0.350 e. The summed E-state index contributed by atoms with van der Waals surface area (Å²) in [5.41, 5.74) is 20.5. The molecule has 0 saturated heterocycles. The van der Waals surface area contributed by atoms with Crippen molar-refractivity contribution in [3.63, 3.8) is 0 Å². The van der Waals surface area contributed by atoms with Crippen LogP contribution >= 0.6 is 7.60 Å². The molecule has 0 fully saturated rings. The van der Waals surface area contributed by atoms with Crippen molar-refractivity contribution >= 4 is 71.1 Å². The zero-order valence-corrected chi connectivity index (χ0v) is 30.9. The van der Waals surface area contributed by atoms with Crippen molar-refractivity contribution in [2.75, 3.05) is 30.2 Å². The van der Waals surface area contributed by atoms with Crippen LogP contribution in [0.25, 0.3) is 33.5 Å².